The molecule has 162 valence electrons. The Morgan fingerprint density at radius 1 is 1.13 bits per heavy atom. The summed E-state index contributed by atoms with van der Waals surface area (Å²) in [5.41, 5.74) is 7.93. The largest absolute Gasteiger partial charge is 0.492 e. The summed E-state index contributed by atoms with van der Waals surface area (Å²) < 4.78 is 39.0. The van der Waals surface area contributed by atoms with Crippen molar-refractivity contribution in [3.05, 3.63) is 59.8 Å². The first-order valence-electron chi connectivity index (χ1n) is 9.65. The second-order valence-electron chi connectivity index (χ2n) is 7.38. The number of primary amides is 1. The van der Waals surface area contributed by atoms with Crippen molar-refractivity contribution in [2.45, 2.75) is 24.9 Å². The van der Waals surface area contributed by atoms with Crippen LogP contribution in [0.25, 0.3) is 16.6 Å². The van der Waals surface area contributed by atoms with Gasteiger partial charge in [0.1, 0.15) is 5.52 Å². The van der Waals surface area contributed by atoms with Crippen LogP contribution in [0.3, 0.4) is 0 Å². The molecule has 4 rings (SSSR count). The number of hydrogen-bond acceptors (Lipinski definition) is 5. The van der Waals surface area contributed by atoms with Crippen molar-refractivity contribution in [2.24, 2.45) is 5.73 Å². The van der Waals surface area contributed by atoms with Gasteiger partial charge < -0.3 is 10.6 Å². The fourth-order valence-corrected chi connectivity index (χ4v) is 3.74. The number of carbonyl (C=O) groups excluding carboxylic acids is 2. The Labute approximate surface area is 175 Å². The minimum Gasteiger partial charge on any atom is -0.366 e. The summed E-state index contributed by atoms with van der Waals surface area (Å²) in [6, 6.07) is 12.6. The molecule has 1 saturated heterocycles. The molecule has 1 amide bonds. The molecule has 1 unspecified atom stereocenters. The number of hydroxylamine groups is 2. The maximum Gasteiger partial charge on any atom is 0.492 e. The molecule has 1 aliphatic heterocycles. The van der Waals surface area contributed by atoms with Crippen LogP contribution < -0.4 is 5.73 Å². The van der Waals surface area contributed by atoms with Crippen LogP contribution in [0.2, 0.25) is 0 Å². The van der Waals surface area contributed by atoms with Gasteiger partial charge in [-0.3, -0.25) is 4.79 Å². The molecule has 0 radical (unpaired) electrons. The monoisotopic (exact) mass is 432 g/mol. The van der Waals surface area contributed by atoms with Crippen LogP contribution in [0.15, 0.2) is 48.7 Å². The van der Waals surface area contributed by atoms with E-state index in [1.807, 2.05) is 30.3 Å². The van der Waals surface area contributed by atoms with Crippen LogP contribution in [0.1, 0.15) is 34.7 Å². The highest BCUT2D eigenvalue weighted by molar-refractivity contribution is 6.04. The summed E-state index contributed by atoms with van der Waals surface area (Å²) in [6.07, 6.45) is -1.85. The van der Waals surface area contributed by atoms with Gasteiger partial charge in [-0.15, -0.1) is 5.06 Å². The number of halogens is 3. The van der Waals surface area contributed by atoms with Gasteiger partial charge in [0.15, 0.2) is 0 Å². The highest BCUT2D eigenvalue weighted by Gasteiger charge is 2.43. The molecule has 0 spiro atoms. The average molecular weight is 432 g/mol. The van der Waals surface area contributed by atoms with E-state index in [-0.39, 0.29) is 19.0 Å². The van der Waals surface area contributed by atoms with E-state index in [1.54, 1.807) is 23.0 Å². The minimum atomic E-state index is -5.02. The first-order valence-corrected chi connectivity index (χ1v) is 9.65. The molecule has 10 heteroatoms. The Morgan fingerprint density at radius 3 is 2.55 bits per heavy atom. The maximum absolute atomic E-state index is 12.4. The summed E-state index contributed by atoms with van der Waals surface area (Å²) in [4.78, 5) is 27.2. The van der Waals surface area contributed by atoms with Gasteiger partial charge >= 0.3 is 12.1 Å². The number of fused-ring (bicyclic) bond motifs is 1. The quantitative estimate of drug-likeness (QED) is 0.683. The number of rotatable bonds is 4. The van der Waals surface area contributed by atoms with E-state index in [4.69, 9.17) is 5.73 Å². The zero-order valence-corrected chi connectivity index (χ0v) is 16.3. The van der Waals surface area contributed by atoms with Gasteiger partial charge in [0.05, 0.1) is 11.3 Å². The SMILES string of the molecule is NC(=O)c1cccc2cn(-c3ccc(C4CCCN(OC(=O)C(F)(F)F)C4)cc3)nc12. The van der Waals surface area contributed by atoms with Crippen molar-refractivity contribution in [1.29, 1.82) is 0 Å². The van der Waals surface area contributed by atoms with E-state index in [1.165, 1.54) is 0 Å². The summed E-state index contributed by atoms with van der Waals surface area (Å²) in [6.45, 7) is 0.452. The van der Waals surface area contributed by atoms with Gasteiger partial charge in [0.2, 0.25) is 0 Å². The van der Waals surface area contributed by atoms with Crippen LogP contribution in [0.5, 0.6) is 0 Å². The molecular weight excluding hydrogens is 413 g/mol. The summed E-state index contributed by atoms with van der Waals surface area (Å²) in [7, 11) is 0. The van der Waals surface area contributed by atoms with Crippen LogP contribution in [-0.4, -0.2) is 46.0 Å². The van der Waals surface area contributed by atoms with Gasteiger partial charge in [-0.2, -0.15) is 18.3 Å². The van der Waals surface area contributed by atoms with Gasteiger partial charge in [-0.1, -0.05) is 24.3 Å². The molecule has 0 bridgehead atoms. The first-order chi connectivity index (χ1) is 14.7. The van der Waals surface area contributed by atoms with E-state index >= 15 is 0 Å². The van der Waals surface area contributed by atoms with Crippen molar-refractivity contribution in [2.75, 3.05) is 13.1 Å². The van der Waals surface area contributed by atoms with Gasteiger partial charge in [0.25, 0.3) is 5.91 Å². The normalized spacial score (nSPS) is 17.6. The molecular formula is C21H19F3N4O3. The van der Waals surface area contributed by atoms with E-state index < -0.39 is 18.1 Å². The molecule has 1 fully saturated rings. The number of piperidine rings is 1. The molecule has 0 aliphatic carbocycles. The molecule has 2 aromatic carbocycles. The van der Waals surface area contributed by atoms with E-state index in [9.17, 15) is 22.8 Å². The topological polar surface area (TPSA) is 90.5 Å². The molecule has 31 heavy (non-hydrogen) atoms. The third kappa shape index (κ3) is 4.38. The van der Waals surface area contributed by atoms with Crippen LogP contribution in [0.4, 0.5) is 13.2 Å². The fourth-order valence-electron chi connectivity index (χ4n) is 3.74. The Bertz CT molecular complexity index is 1130. The van der Waals surface area contributed by atoms with E-state index in [0.29, 0.717) is 17.5 Å². The molecule has 7 nitrogen and oxygen atoms in total. The van der Waals surface area contributed by atoms with E-state index in [2.05, 4.69) is 9.94 Å². The molecule has 2 heterocycles. The predicted octanol–water partition coefficient (Wildman–Crippen LogP) is 3.32. The lowest BCUT2D eigenvalue weighted by molar-refractivity contribution is -0.241. The molecule has 0 saturated carbocycles. The number of nitrogens with two attached hydrogens (primary N) is 1. The van der Waals surface area contributed by atoms with Crippen molar-refractivity contribution < 1.29 is 27.6 Å². The van der Waals surface area contributed by atoms with E-state index in [0.717, 1.165) is 28.1 Å². The Kier molecular flexibility index (Phi) is 5.40. The zero-order chi connectivity index (χ0) is 22.2. The van der Waals surface area contributed by atoms with Crippen LogP contribution in [0, 0.1) is 0 Å². The summed E-state index contributed by atoms with van der Waals surface area (Å²) in [5.74, 6) is -2.83. The number of hydrogen-bond donors (Lipinski definition) is 1. The smallest absolute Gasteiger partial charge is 0.366 e. The molecule has 2 N–H and O–H groups in total. The lowest BCUT2D eigenvalue weighted by Crippen LogP contribution is -2.40. The van der Waals surface area contributed by atoms with Crippen LogP contribution >= 0.6 is 0 Å². The molecule has 1 atom stereocenters. The summed E-state index contributed by atoms with van der Waals surface area (Å²) >= 11 is 0. The third-order valence-corrected chi connectivity index (χ3v) is 5.26. The number of nitrogens with zero attached hydrogens (tertiary/aromatic N) is 3. The fraction of sp³-hybridized carbons (Fsp3) is 0.286. The maximum atomic E-state index is 12.4. The lowest BCUT2D eigenvalue weighted by atomic mass is 9.91. The molecule has 1 aliphatic rings. The predicted molar refractivity (Wildman–Crippen MR) is 105 cm³/mol. The van der Waals surface area contributed by atoms with Crippen molar-refractivity contribution >= 4 is 22.8 Å². The Balaban J connectivity index is 1.51. The molecule has 3 aromatic rings. The average Bonchev–Trinajstić information content (AvgIpc) is 3.17. The highest BCUT2D eigenvalue weighted by atomic mass is 19.4. The number of aromatic nitrogens is 2. The Hall–Kier alpha value is -3.40. The second-order valence-corrected chi connectivity index (χ2v) is 7.38. The number of amides is 1. The van der Waals surface area contributed by atoms with Crippen molar-refractivity contribution in [1.82, 2.24) is 14.8 Å². The van der Waals surface area contributed by atoms with Crippen LogP contribution in [-0.2, 0) is 9.63 Å². The Morgan fingerprint density at radius 2 is 1.87 bits per heavy atom. The van der Waals surface area contributed by atoms with Gasteiger partial charge in [0, 0.05) is 24.7 Å². The van der Waals surface area contributed by atoms with Gasteiger partial charge in [-0.05, 0) is 42.5 Å². The number of benzene rings is 2. The second kappa shape index (κ2) is 8.03. The number of alkyl halides is 3. The lowest BCUT2D eigenvalue weighted by Gasteiger charge is -2.31. The minimum absolute atomic E-state index is 0.0676. The third-order valence-electron chi connectivity index (χ3n) is 5.26. The van der Waals surface area contributed by atoms with Gasteiger partial charge in [-0.25, -0.2) is 9.48 Å². The zero-order valence-electron chi connectivity index (χ0n) is 16.3. The number of carbonyl (C=O) groups is 2. The van der Waals surface area contributed by atoms with Crippen molar-refractivity contribution in [3.63, 3.8) is 0 Å². The first kappa shape index (κ1) is 20.9. The molecule has 1 aromatic heterocycles. The highest BCUT2D eigenvalue weighted by Crippen LogP contribution is 2.29. The van der Waals surface area contributed by atoms with Crippen molar-refractivity contribution in [3.8, 4) is 5.69 Å². The summed E-state index contributed by atoms with van der Waals surface area (Å²) in [5, 5.41) is 6.30. The standard InChI is InChI=1S/C21H19F3N4O3/c22-21(23,24)20(30)31-27-10-2-4-14(11-27)13-6-8-16(9-7-13)28-12-15-3-1-5-17(19(25)29)18(15)26-28/h1,3,5-9,12,14H,2,4,10-11H2,(H2,25,29).